The van der Waals surface area contributed by atoms with Crippen LogP contribution in [0.15, 0.2) is 0 Å². The summed E-state index contributed by atoms with van der Waals surface area (Å²) in [4.78, 5) is 11.1. The fourth-order valence-corrected chi connectivity index (χ4v) is 1.63. The lowest BCUT2D eigenvalue weighted by Gasteiger charge is -2.20. The lowest BCUT2D eigenvalue weighted by Crippen LogP contribution is -2.21. The highest BCUT2D eigenvalue weighted by Gasteiger charge is 2.17. The molecule has 1 saturated carbocycles. The van der Waals surface area contributed by atoms with Gasteiger partial charge in [0, 0.05) is 22.6 Å². The molecule has 0 aromatic rings. The molecule has 0 saturated heterocycles. The second-order valence-corrected chi connectivity index (χ2v) is 3.73. The van der Waals surface area contributed by atoms with E-state index < -0.39 is 6.16 Å². The van der Waals surface area contributed by atoms with Crippen molar-refractivity contribution in [3.63, 3.8) is 0 Å². The Bertz CT molecular complexity index is 235. The zero-order valence-electron chi connectivity index (χ0n) is 7.92. The van der Waals surface area contributed by atoms with E-state index in [4.69, 9.17) is 9.47 Å². The van der Waals surface area contributed by atoms with Crippen molar-refractivity contribution in [2.75, 3.05) is 6.61 Å². The van der Waals surface area contributed by atoms with Crippen LogP contribution in [0.4, 0.5) is 4.79 Å². The minimum Gasteiger partial charge on any atom is -0.431 e. The van der Waals surface area contributed by atoms with Gasteiger partial charge in [-0.1, -0.05) is 12.3 Å². The van der Waals surface area contributed by atoms with Crippen molar-refractivity contribution >= 4 is 28.7 Å². The molecule has 0 amide bonds. The quantitative estimate of drug-likeness (QED) is 0.447. The molecule has 1 aliphatic rings. The Balaban J connectivity index is 2.14. The van der Waals surface area contributed by atoms with Crippen LogP contribution in [0.1, 0.15) is 32.1 Å². The van der Waals surface area contributed by atoms with Gasteiger partial charge in [0.2, 0.25) is 0 Å². The molecular weight excluding hydrogens is 295 g/mol. The molecule has 1 fully saturated rings. The number of hydrogen-bond acceptors (Lipinski definition) is 3. The number of rotatable bonds is 2. The molecule has 0 aliphatic heterocycles. The fourth-order valence-electron chi connectivity index (χ4n) is 1.48. The first kappa shape index (κ1) is 11.6. The van der Waals surface area contributed by atoms with E-state index in [0.717, 1.165) is 25.7 Å². The molecule has 14 heavy (non-hydrogen) atoms. The first-order chi connectivity index (χ1) is 6.83. The van der Waals surface area contributed by atoms with Crippen LogP contribution in [-0.4, -0.2) is 18.9 Å². The van der Waals surface area contributed by atoms with E-state index in [1.165, 1.54) is 6.42 Å². The van der Waals surface area contributed by atoms with Crippen LogP contribution in [-0.2, 0) is 9.47 Å². The summed E-state index contributed by atoms with van der Waals surface area (Å²) in [5.41, 5.74) is 0. The molecule has 3 nitrogen and oxygen atoms in total. The zero-order valence-corrected chi connectivity index (χ0v) is 10.1. The van der Waals surface area contributed by atoms with Gasteiger partial charge in [0.1, 0.15) is 6.10 Å². The van der Waals surface area contributed by atoms with Crippen molar-refractivity contribution in [1.82, 2.24) is 0 Å². The highest BCUT2D eigenvalue weighted by Crippen LogP contribution is 2.20. The van der Waals surface area contributed by atoms with E-state index in [-0.39, 0.29) is 12.7 Å². The van der Waals surface area contributed by atoms with Gasteiger partial charge in [-0.15, -0.1) is 0 Å². The lowest BCUT2D eigenvalue weighted by atomic mass is 9.98. The average molecular weight is 308 g/mol. The van der Waals surface area contributed by atoms with Crippen LogP contribution in [0, 0.1) is 9.85 Å². The monoisotopic (exact) mass is 308 g/mol. The molecule has 78 valence electrons. The van der Waals surface area contributed by atoms with Crippen LogP contribution in [0.5, 0.6) is 0 Å². The summed E-state index contributed by atoms with van der Waals surface area (Å²) in [6.45, 7) is 0.120. The van der Waals surface area contributed by atoms with Crippen molar-refractivity contribution in [2.24, 2.45) is 0 Å². The van der Waals surface area contributed by atoms with Crippen LogP contribution in [0.2, 0.25) is 0 Å². The van der Waals surface area contributed by atoms with E-state index in [0.29, 0.717) is 0 Å². The number of ether oxygens (including phenoxy) is 2. The molecule has 1 rings (SSSR count). The summed E-state index contributed by atoms with van der Waals surface area (Å²) in [5, 5.41) is 0. The van der Waals surface area contributed by atoms with Crippen LogP contribution in [0.3, 0.4) is 0 Å². The molecule has 0 atom stereocenters. The summed E-state index contributed by atoms with van der Waals surface area (Å²) >= 11 is 1.90. The van der Waals surface area contributed by atoms with Crippen LogP contribution in [0.25, 0.3) is 0 Å². The maximum atomic E-state index is 11.1. The molecule has 0 heterocycles. The van der Waals surface area contributed by atoms with E-state index in [1.54, 1.807) is 0 Å². The molecule has 0 spiro atoms. The summed E-state index contributed by atoms with van der Waals surface area (Å²) < 4.78 is 12.5. The van der Waals surface area contributed by atoms with Gasteiger partial charge in [0.15, 0.2) is 6.61 Å². The first-order valence-corrected chi connectivity index (χ1v) is 5.82. The van der Waals surface area contributed by atoms with E-state index in [2.05, 4.69) is 9.85 Å². The Morgan fingerprint density at radius 1 is 1.36 bits per heavy atom. The van der Waals surface area contributed by atoms with Crippen molar-refractivity contribution < 1.29 is 14.3 Å². The molecular formula is C10H13IO3. The molecule has 0 aromatic carbocycles. The topological polar surface area (TPSA) is 35.5 Å². The minimum absolute atomic E-state index is 0.0591. The Morgan fingerprint density at radius 3 is 2.71 bits per heavy atom. The van der Waals surface area contributed by atoms with Gasteiger partial charge in [-0.2, -0.15) is 0 Å². The smallest absolute Gasteiger partial charge is 0.431 e. The van der Waals surface area contributed by atoms with E-state index in [1.807, 2.05) is 22.6 Å². The minimum atomic E-state index is -0.587. The maximum absolute atomic E-state index is 11.1. The highest BCUT2D eigenvalue weighted by atomic mass is 127. The third-order valence-electron chi connectivity index (χ3n) is 2.14. The molecule has 0 aromatic heterocycles. The van der Waals surface area contributed by atoms with Crippen LogP contribution >= 0.6 is 22.6 Å². The van der Waals surface area contributed by atoms with Gasteiger partial charge in [-0.3, -0.25) is 0 Å². The average Bonchev–Trinajstić information content (AvgIpc) is 2.20. The molecule has 0 N–H and O–H groups in total. The molecule has 4 heteroatoms. The molecule has 1 aliphatic carbocycles. The molecule has 0 unspecified atom stereocenters. The molecule has 0 bridgehead atoms. The van der Waals surface area contributed by atoms with Crippen molar-refractivity contribution in [1.29, 1.82) is 0 Å². The van der Waals surface area contributed by atoms with Gasteiger partial charge >= 0.3 is 6.16 Å². The van der Waals surface area contributed by atoms with Crippen LogP contribution < -0.4 is 0 Å². The standard InChI is InChI=1S/C10H13IO3/c11-7-4-8-13-10(12)14-9-5-2-1-3-6-9/h9H,1-3,5-6,8H2. The Morgan fingerprint density at radius 2 is 2.07 bits per heavy atom. The highest BCUT2D eigenvalue weighted by molar-refractivity contribution is 14.1. The lowest BCUT2D eigenvalue weighted by molar-refractivity contribution is 0.0175. The first-order valence-electron chi connectivity index (χ1n) is 4.75. The largest absolute Gasteiger partial charge is 0.509 e. The normalized spacial score (nSPS) is 16.6. The second kappa shape index (κ2) is 6.93. The predicted octanol–water partition coefficient (Wildman–Crippen LogP) is 2.87. The van der Waals surface area contributed by atoms with Crippen molar-refractivity contribution in [3.8, 4) is 9.85 Å². The summed E-state index contributed by atoms with van der Waals surface area (Å²) in [6, 6.07) is 0. The maximum Gasteiger partial charge on any atom is 0.509 e. The third-order valence-corrected chi connectivity index (χ3v) is 2.53. The number of carbonyl (C=O) groups is 1. The SMILES string of the molecule is O=C(OCC#CI)OC1CCCCC1. The van der Waals surface area contributed by atoms with Crippen molar-refractivity contribution in [2.45, 2.75) is 38.2 Å². The molecule has 0 radical (unpaired) electrons. The van der Waals surface area contributed by atoms with Gasteiger partial charge in [-0.25, -0.2) is 4.79 Å². The van der Waals surface area contributed by atoms with Crippen molar-refractivity contribution in [3.05, 3.63) is 0 Å². The number of carbonyl (C=O) groups excluding carboxylic acids is 1. The Labute approximate surface area is 97.7 Å². The Hall–Kier alpha value is -0.440. The summed E-state index contributed by atoms with van der Waals surface area (Å²) in [5.74, 6) is 2.63. The predicted molar refractivity (Wildman–Crippen MR) is 61.1 cm³/mol. The van der Waals surface area contributed by atoms with E-state index >= 15 is 0 Å². The summed E-state index contributed by atoms with van der Waals surface area (Å²) in [6.07, 6.45) is 4.94. The zero-order chi connectivity index (χ0) is 10.2. The second-order valence-electron chi connectivity index (χ2n) is 3.19. The fraction of sp³-hybridized carbons (Fsp3) is 0.700. The number of hydrogen-bond donors (Lipinski definition) is 0. The van der Waals surface area contributed by atoms with Gasteiger partial charge in [0.05, 0.1) is 0 Å². The third kappa shape index (κ3) is 4.70. The van der Waals surface area contributed by atoms with Gasteiger partial charge in [0.25, 0.3) is 0 Å². The Kier molecular flexibility index (Phi) is 5.76. The number of halogens is 1. The van der Waals surface area contributed by atoms with Gasteiger partial charge < -0.3 is 9.47 Å². The summed E-state index contributed by atoms with van der Waals surface area (Å²) in [7, 11) is 0. The van der Waals surface area contributed by atoms with Gasteiger partial charge in [-0.05, 0) is 29.6 Å². The van der Waals surface area contributed by atoms with E-state index in [9.17, 15) is 4.79 Å².